The zero-order valence-electron chi connectivity index (χ0n) is 15.2. The van der Waals surface area contributed by atoms with Crippen LogP contribution in [0.15, 0.2) is 0 Å². The van der Waals surface area contributed by atoms with Crippen LogP contribution in [0.2, 0.25) is 0 Å². The van der Waals surface area contributed by atoms with Crippen LogP contribution in [0.4, 0.5) is 0 Å². The van der Waals surface area contributed by atoms with Crippen LogP contribution in [0.1, 0.15) is 65.2 Å². The number of terminal acetylenes is 2. The van der Waals surface area contributed by atoms with Crippen molar-refractivity contribution in [1.29, 1.82) is 0 Å². The minimum absolute atomic E-state index is 0.0219. The van der Waals surface area contributed by atoms with Crippen molar-refractivity contribution in [2.45, 2.75) is 65.2 Å². The van der Waals surface area contributed by atoms with Gasteiger partial charge in [0.2, 0.25) is 0 Å². The Bertz CT molecular complexity index is 633. The van der Waals surface area contributed by atoms with E-state index in [1.807, 2.05) is 0 Å². The van der Waals surface area contributed by atoms with Crippen LogP contribution >= 0.6 is 0 Å². The van der Waals surface area contributed by atoms with E-state index in [4.69, 9.17) is 12.8 Å². The lowest BCUT2D eigenvalue weighted by Gasteiger charge is -2.61. The fraction of sp³-hybridized carbons (Fsp3) is 0.783. The zero-order valence-corrected chi connectivity index (χ0v) is 15.2. The Morgan fingerprint density at radius 1 is 0.917 bits per heavy atom. The molecule has 0 aromatic heterocycles. The lowest BCUT2D eigenvalue weighted by Crippen LogP contribution is -2.55. The molecule has 4 saturated carbocycles. The molecular formula is C23H30O. The Labute approximate surface area is 147 Å². The van der Waals surface area contributed by atoms with Gasteiger partial charge in [0.1, 0.15) is 5.78 Å². The van der Waals surface area contributed by atoms with Crippen molar-refractivity contribution in [3.63, 3.8) is 0 Å². The summed E-state index contributed by atoms with van der Waals surface area (Å²) in [5.74, 6) is 9.83. The van der Waals surface area contributed by atoms with E-state index in [0.717, 1.165) is 37.5 Å². The molecule has 0 radical (unpaired) electrons. The van der Waals surface area contributed by atoms with Gasteiger partial charge in [0.15, 0.2) is 0 Å². The third-order valence-electron chi connectivity index (χ3n) is 8.92. The van der Waals surface area contributed by atoms with Crippen molar-refractivity contribution in [2.75, 3.05) is 0 Å². The van der Waals surface area contributed by atoms with E-state index in [1.54, 1.807) is 0 Å². The monoisotopic (exact) mass is 322 g/mol. The SMILES string of the molecule is C#C[C@@H]1[C@@H](C#C)CC[C@@]2(C)[C@H]1CC[C@@H]1[C@@H]2CC[C@]2(C)C(=O)CC[C@@H]12. The van der Waals surface area contributed by atoms with Crippen LogP contribution in [0.3, 0.4) is 0 Å². The zero-order chi connectivity index (χ0) is 17.1. The van der Waals surface area contributed by atoms with Crippen molar-refractivity contribution < 1.29 is 4.79 Å². The first-order valence-corrected chi connectivity index (χ1v) is 9.91. The average molecular weight is 322 g/mol. The van der Waals surface area contributed by atoms with Gasteiger partial charge in [-0.1, -0.05) is 13.8 Å². The first-order valence-electron chi connectivity index (χ1n) is 9.91. The summed E-state index contributed by atoms with van der Waals surface area (Å²) < 4.78 is 0. The number of hydrogen-bond donors (Lipinski definition) is 0. The number of Topliss-reactive ketones (excluding diaryl/α,β-unsaturated/α-hetero) is 1. The van der Waals surface area contributed by atoms with Crippen LogP contribution in [-0.2, 0) is 4.79 Å². The van der Waals surface area contributed by atoms with Crippen molar-refractivity contribution in [3.8, 4) is 24.7 Å². The normalized spacial score (nSPS) is 53.2. The minimum Gasteiger partial charge on any atom is -0.299 e. The van der Waals surface area contributed by atoms with Crippen molar-refractivity contribution in [3.05, 3.63) is 0 Å². The summed E-state index contributed by atoms with van der Waals surface area (Å²) in [6.07, 6.45) is 20.8. The lowest BCUT2D eigenvalue weighted by molar-refractivity contribution is -0.142. The van der Waals surface area contributed by atoms with Gasteiger partial charge in [-0.25, -0.2) is 0 Å². The maximum absolute atomic E-state index is 12.5. The number of carbonyl (C=O) groups is 1. The molecule has 0 aromatic rings. The molecule has 0 aliphatic heterocycles. The second-order valence-corrected chi connectivity index (χ2v) is 9.49. The summed E-state index contributed by atoms with van der Waals surface area (Å²) in [6, 6.07) is 0. The summed E-state index contributed by atoms with van der Waals surface area (Å²) in [6.45, 7) is 4.77. The van der Waals surface area contributed by atoms with E-state index in [1.165, 1.54) is 25.7 Å². The highest BCUT2D eigenvalue weighted by atomic mass is 16.1. The predicted molar refractivity (Wildman–Crippen MR) is 96.8 cm³/mol. The van der Waals surface area contributed by atoms with E-state index in [-0.39, 0.29) is 17.3 Å². The highest BCUT2D eigenvalue weighted by Crippen LogP contribution is 2.66. The quantitative estimate of drug-likeness (QED) is 0.590. The summed E-state index contributed by atoms with van der Waals surface area (Å²) in [4.78, 5) is 12.5. The first kappa shape index (κ1) is 16.3. The molecule has 128 valence electrons. The molecule has 1 nitrogen and oxygen atoms in total. The average Bonchev–Trinajstić information content (AvgIpc) is 2.88. The molecule has 0 aromatic carbocycles. The van der Waals surface area contributed by atoms with Crippen molar-refractivity contribution >= 4 is 5.78 Å². The van der Waals surface area contributed by atoms with Crippen LogP contribution in [0.25, 0.3) is 0 Å². The second kappa shape index (κ2) is 5.39. The number of fused-ring (bicyclic) bond motifs is 5. The van der Waals surface area contributed by atoms with Gasteiger partial charge in [0.05, 0.1) is 0 Å². The molecule has 0 N–H and O–H groups in total. The summed E-state index contributed by atoms with van der Waals surface area (Å²) >= 11 is 0. The third-order valence-corrected chi connectivity index (χ3v) is 8.92. The van der Waals surface area contributed by atoms with Gasteiger partial charge in [0, 0.05) is 23.7 Å². The first-order chi connectivity index (χ1) is 11.5. The second-order valence-electron chi connectivity index (χ2n) is 9.49. The van der Waals surface area contributed by atoms with E-state index < -0.39 is 0 Å². The largest absolute Gasteiger partial charge is 0.299 e. The third kappa shape index (κ3) is 1.94. The van der Waals surface area contributed by atoms with Crippen LogP contribution < -0.4 is 0 Å². The molecule has 0 spiro atoms. The molecule has 4 rings (SSSR count). The highest BCUT2D eigenvalue weighted by Gasteiger charge is 2.61. The molecule has 0 heterocycles. The Morgan fingerprint density at radius 3 is 2.42 bits per heavy atom. The molecule has 0 bridgehead atoms. The van der Waals surface area contributed by atoms with E-state index in [0.29, 0.717) is 23.0 Å². The fourth-order valence-electron chi connectivity index (χ4n) is 7.56. The van der Waals surface area contributed by atoms with Crippen molar-refractivity contribution in [1.82, 2.24) is 0 Å². The minimum atomic E-state index is -0.0219. The molecule has 4 aliphatic carbocycles. The molecule has 1 heteroatoms. The van der Waals surface area contributed by atoms with E-state index in [2.05, 4.69) is 25.7 Å². The Morgan fingerprint density at radius 2 is 1.71 bits per heavy atom. The van der Waals surface area contributed by atoms with Gasteiger partial charge in [-0.3, -0.25) is 4.79 Å². The number of ketones is 1. The Kier molecular flexibility index (Phi) is 3.66. The summed E-state index contributed by atoms with van der Waals surface area (Å²) in [5.41, 5.74) is 0.312. The topological polar surface area (TPSA) is 17.1 Å². The van der Waals surface area contributed by atoms with Crippen LogP contribution in [-0.4, -0.2) is 5.78 Å². The number of hydrogen-bond acceptors (Lipinski definition) is 1. The summed E-state index contributed by atoms with van der Waals surface area (Å²) in [7, 11) is 0. The molecular weight excluding hydrogens is 292 g/mol. The molecule has 8 atom stereocenters. The Balaban J connectivity index is 1.66. The summed E-state index contributed by atoms with van der Waals surface area (Å²) in [5, 5.41) is 0. The van der Waals surface area contributed by atoms with Crippen LogP contribution in [0.5, 0.6) is 0 Å². The van der Waals surface area contributed by atoms with Crippen molar-refractivity contribution in [2.24, 2.45) is 46.3 Å². The predicted octanol–water partition coefficient (Wildman–Crippen LogP) is 4.71. The molecule has 0 unspecified atom stereocenters. The van der Waals surface area contributed by atoms with E-state index >= 15 is 0 Å². The molecule has 4 fully saturated rings. The number of carbonyl (C=O) groups excluding carboxylic acids is 1. The maximum Gasteiger partial charge on any atom is 0.139 e. The van der Waals surface area contributed by atoms with Gasteiger partial charge in [-0.2, -0.15) is 0 Å². The van der Waals surface area contributed by atoms with Gasteiger partial charge in [0.25, 0.3) is 0 Å². The molecule has 0 saturated heterocycles. The van der Waals surface area contributed by atoms with Gasteiger partial charge in [-0.15, -0.1) is 24.7 Å². The van der Waals surface area contributed by atoms with Gasteiger partial charge in [-0.05, 0) is 74.0 Å². The molecule has 4 aliphatic rings. The molecule has 0 amide bonds. The lowest BCUT2D eigenvalue weighted by atomic mass is 9.43. The smallest absolute Gasteiger partial charge is 0.139 e. The molecule has 24 heavy (non-hydrogen) atoms. The number of rotatable bonds is 0. The van der Waals surface area contributed by atoms with Crippen LogP contribution in [0, 0.1) is 71.0 Å². The fourth-order valence-corrected chi connectivity index (χ4v) is 7.56. The Hall–Kier alpha value is -1.21. The maximum atomic E-state index is 12.5. The van der Waals surface area contributed by atoms with Gasteiger partial charge < -0.3 is 0 Å². The van der Waals surface area contributed by atoms with Gasteiger partial charge >= 0.3 is 0 Å². The van der Waals surface area contributed by atoms with E-state index in [9.17, 15) is 4.79 Å². The standard InChI is InChI=1S/C23H30O/c1-5-15-11-13-22(3)18(16(15)6-2)8-7-17-19-9-10-21(24)23(19,4)14-12-20(17)22/h1-2,15-20H,7-14H2,3-4H3/t15-,16+,17-,18-,19-,20-,22-,23-/m0/s1. The highest BCUT2D eigenvalue weighted by molar-refractivity contribution is 5.87.